The number of methoxy groups -OCH3 is 1. The summed E-state index contributed by atoms with van der Waals surface area (Å²) in [5.41, 5.74) is 3.61. The molecule has 11 nitrogen and oxygen atoms in total. The van der Waals surface area contributed by atoms with Crippen molar-refractivity contribution < 1.29 is 33.6 Å². The number of nitrogens with one attached hydrogen (secondary N) is 1. The highest BCUT2D eigenvalue weighted by Gasteiger charge is 2.63. The van der Waals surface area contributed by atoms with Crippen LogP contribution in [0.25, 0.3) is 0 Å². The molecule has 2 bridgehead atoms. The Morgan fingerprint density at radius 3 is 1.95 bits per heavy atom. The van der Waals surface area contributed by atoms with Gasteiger partial charge in [0.15, 0.2) is 6.61 Å². The highest BCUT2D eigenvalue weighted by Crippen LogP contribution is 2.61. The summed E-state index contributed by atoms with van der Waals surface area (Å²) in [6.45, 7) is 1.17. The van der Waals surface area contributed by atoms with E-state index in [0.717, 1.165) is 27.2 Å². The van der Waals surface area contributed by atoms with Crippen LogP contribution < -0.4 is 10.1 Å². The molecule has 1 heterocycles. The molecule has 11 heteroatoms. The van der Waals surface area contributed by atoms with Crippen molar-refractivity contribution in [3.05, 3.63) is 99.1 Å². The Balaban J connectivity index is 1.24. The number of nitro benzene ring substituents is 1. The van der Waals surface area contributed by atoms with Crippen molar-refractivity contribution in [1.29, 1.82) is 0 Å². The van der Waals surface area contributed by atoms with E-state index in [4.69, 9.17) is 9.47 Å². The molecule has 7 rings (SSSR count). The molecule has 1 N–H and O–H groups in total. The maximum atomic E-state index is 14.2. The summed E-state index contributed by atoms with van der Waals surface area (Å²) >= 11 is 0. The number of anilines is 1. The van der Waals surface area contributed by atoms with E-state index in [1.807, 2.05) is 55.5 Å². The molecule has 44 heavy (non-hydrogen) atoms. The average Bonchev–Trinajstić information content (AvgIpc) is 3.29. The van der Waals surface area contributed by atoms with Gasteiger partial charge < -0.3 is 14.8 Å². The van der Waals surface area contributed by atoms with Crippen LogP contribution in [0.4, 0.5) is 11.4 Å². The number of rotatable bonds is 10. The van der Waals surface area contributed by atoms with Gasteiger partial charge >= 0.3 is 5.97 Å². The zero-order valence-electron chi connectivity index (χ0n) is 24.2. The largest absolute Gasteiger partial charge is 0.497 e. The lowest BCUT2D eigenvalue weighted by Gasteiger charge is -2.45. The van der Waals surface area contributed by atoms with Crippen LogP contribution in [0, 0.1) is 22.0 Å². The number of likely N-dealkylation sites (tertiary alicyclic amines) is 1. The number of hydrogen-bond donors (Lipinski definition) is 1. The molecule has 0 spiro atoms. The van der Waals surface area contributed by atoms with Gasteiger partial charge in [0.1, 0.15) is 17.5 Å². The first-order valence-corrected chi connectivity index (χ1v) is 14.6. The van der Waals surface area contributed by atoms with Crippen molar-refractivity contribution in [3.8, 4) is 5.75 Å². The summed E-state index contributed by atoms with van der Waals surface area (Å²) < 4.78 is 10.4. The molecule has 3 atom stereocenters. The maximum absolute atomic E-state index is 14.2. The van der Waals surface area contributed by atoms with Crippen molar-refractivity contribution in [2.45, 2.75) is 44.1 Å². The van der Waals surface area contributed by atoms with E-state index in [1.54, 1.807) is 0 Å². The third-order valence-corrected chi connectivity index (χ3v) is 8.92. The Labute approximate surface area is 253 Å². The van der Waals surface area contributed by atoms with E-state index in [2.05, 4.69) is 5.32 Å². The number of unbranched alkanes of at least 4 members (excludes halogenated alkanes) is 1. The van der Waals surface area contributed by atoms with Crippen molar-refractivity contribution in [1.82, 2.24) is 4.90 Å². The second-order valence-corrected chi connectivity index (χ2v) is 11.3. The first-order chi connectivity index (χ1) is 21.3. The number of amides is 3. The minimum atomic E-state index is -1.20. The SMILES string of the molecule is CCCC[C@@H](C(=O)OCC(=O)Nc1cc(OC)ccc1[N+](=O)[O-])N1C(=O)[C@@H]2C3c4ccccc4C(c4ccccc43)[C@@H]2C1=O. The molecule has 3 aliphatic carbocycles. The van der Waals surface area contributed by atoms with Gasteiger partial charge in [0.2, 0.25) is 11.8 Å². The number of carbonyl (C=O) groups is 4. The molecule has 1 saturated heterocycles. The molecule has 1 fully saturated rings. The van der Waals surface area contributed by atoms with Crippen LogP contribution in [-0.2, 0) is 23.9 Å². The number of esters is 1. The number of carbonyl (C=O) groups excluding carboxylic acids is 4. The van der Waals surface area contributed by atoms with Crippen molar-refractivity contribution in [2.75, 3.05) is 19.0 Å². The third-order valence-electron chi connectivity index (χ3n) is 8.92. The lowest BCUT2D eigenvalue weighted by molar-refractivity contribution is -0.383. The Bertz CT molecular complexity index is 1570. The minimum absolute atomic E-state index is 0.124. The fourth-order valence-electron chi connectivity index (χ4n) is 7.08. The second kappa shape index (κ2) is 11.6. The number of ether oxygens (including phenoxy) is 2. The molecule has 0 aromatic heterocycles. The summed E-state index contributed by atoms with van der Waals surface area (Å²) in [7, 11) is 1.38. The van der Waals surface area contributed by atoms with E-state index in [9.17, 15) is 29.3 Å². The van der Waals surface area contributed by atoms with Crippen LogP contribution in [0.3, 0.4) is 0 Å². The fourth-order valence-corrected chi connectivity index (χ4v) is 7.08. The molecular weight excluding hydrogens is 566 g/mol. The van der Waals surface area contributed by atoms with Crippen LogP contribution in [0.15, 0.2) is 66.7 Å². The second-order valence-electron chi connectivity index (χ2n) is 11.3. The van der Waals surface area contributed by atoms with Crippen molar-refractivity contribution in [3.63, 3.8) is 0 Å². The number of benzene rings is 3. The van der Waals surface area contributed by atoms with Crippen LogP contribution in [0.5, 0.6) is 5.75 Å². The fraction of sp³-hybridized carbons (Fsp3) is 0.333. The number of hydrogen-bond acceptors (Lipinski definition) is 8. The highest BCUT2D eigenvalue weighted by atomic mass is 16.6. The van der Waals surface area contributed by atoms with Crippen LogP contribution >= 0.6 is 0 Å². The lowest BCUT2D eigenvalue weighted by atomic mass is 9.55. The highest BCUT2D eigenvalue weighted by molar-refractivity contribution is 6.10. The molecule has 0 unspecified atom stereocenters. The normalized spacial score (nSPS) is 21.6. The molecule has 3 amide bonds. The lowest BCUT2D eigenvalue weighted by Crippen LogP contribution is -2.47. The topological polar surface area (TPSA) is 145 Å². The molecule has 226 valence electrons. The Kier molecular flexibility index (Phi) is 7.62. The van der Waals surface area contributed by atoms with Gasteiger partial charge in [0, 0.05) is 24.0 Å². The molecule has 3 aromatic rings. The van der Waals surface area contributed by atoms with Crippen LogP contribution in [0.2, 0.25) is 0 Å². The predicted octanol–water partition coefficient (Wildman–Crippen LogP) is 4.54. The smallest absolute Gasteiger partial charge is 0.329 e. The molecule has 0 saturated carbocycles. The molecule has 3 aromatic carbocycles. The van der Waals surface area contributed by atoms with Gasteiger partial charge in [-0.1, -0.05) is 68.3 Å². The first kappa shape index (κ1) is 29.0. The Morgan fingerprint density at radius 2 is 1.48 bits per heavy atom. The summed E-state index contributed by atoms with van der Waals surface area (Å²) in [6.07, 6.45) is 1.43. The molecule has 0 radical (unpaired) electrons. The van der Waals surface area contributed by atoms with E-state index in [-0.39, 0.29) is 35.4 Å². The van der Waals surface area contributed by atoms with E-state index in [1.165, 1.54) is 25.3 Å². The summed E-state index contributed by atoms with van der Waals surface area (Å²) in [6, 6.07) is 18.4. The predicted molar refractivity (Wildman–Crippen MR) is 158 cm³/mol. The van der Waals surface area contributed by atoms with Crippen molar-refractivity contribution in [2.24, 2.45) is 11.8 Å². The zero-order valence-corrected chi connectivity index (χ0v) is 24.2. The van der Waals surface area contributed by atoms with Gasteiger partial charge in [-0.15, -0.1) is 0 Å². The average molecular weight is 598 g/mol. The Morgan fingerprint density at radius 1 is 0.932 bits per heavy atom. The standard InChI is InChI=1S/C33H31N3O8/c1-3-4-13-25(33(40)44-17-26(37)34-23-16-18(43-2)14-15-24(23)36(41)42)35-31(38)29-27-19-9-5-6-10-20(19)28(30(29)32(35)39)22-12-8-7-11-21(22)27/h5-12,14-16,25,27-30H,3-4,13,17H2,1-2H3,(H,34,37)/t25-,27?,28?,29-,30+/m0/s1. The van der Waals surface area contributed by atoms with E-state index >= 15 is 0 Å². The number of imide groups is 1. The van der Waals surface area contributed by atoms with Crippen LogP contribution in [0.1, 0.15) is 60.3 Å². The van der Waals surface area contributed by atoms with E-state index in [0.29, 0.717) is 12.8 Å². The van der Waals surface area contributed by atoms with Gasteiger partial charge in [0.25, 0.3) is 11.6 Å². The molecule has 4 aliphatic rings. The summed E-state index contributed by atoms with van der Waals surface area (Å²) in [5.74, 6) is -4.15. The van der Waals surface area contributed by atoms with Gasteiger partial charge in [-0.05, 0) is 34.7 Å². The van der Waals surface area contributed by atoms with E-state index < -0.39 is 53.1 Å². The number of nitro groups is 1. The molecule has 1 aliphatic heterocycles. The summed E-state index contributed by atoms with van der Waals surface area (Å²) in [5, 5.41) is 13.8. The number of nitrogens with zero attached hydrogens (tertiary/aromatic N) is 2. The minimum Gasteiger partial charge on any atom is -0.497 e. The monoisotopic (exact) mass is 597 g/mol. The zero-order chi connectivity index (χ0) is 31.1. The van der Waals surface area contributed by atoms with Gasteiger partial charge in [-0.2, -0.15) is 0 Å². The first-order valence-electron chi connectivity index (χ1n) is 14.6. The quantitative estimate of drug-likeness (QED) is 0.155. The third kappa shape index (κ3) is 4.68. The summed E-state index contributed by atoms with van der Waals surface area (Å²) in [4.78, 5) is 66.4. The van der Waals surface area contributed by atoms with Gasteiger partial charge in [-0.25, -0.2) is 4.79 Å². The van der Waals surface area contributed by atoms with Gasteiger partial charge in [-0.3, -0.25) is 29.4 Å². The Hall–Kier alpha value is -5.06. The van der Waals surface area contributed by atoms with Crippen LogP contribution in [-0.4, -0.2) is 53.3 Å². The maximum Gasteiger partial charge on any atom is 0.329 e. The van der Waals surface area contributed by atoms with Gasteiger partial charge in [0.05, 0.1) is 23.9 Å². The molecular formula is C33H31N3O8. The van der Waals surface area contributed by atoms with Crippen molar-refractivity contribution >= 4 is 35.1 Å².